The molecule has 1 heterocycles. The van der Waals surface area contributed by atoms with Crippen molar-refractivity contribution >= 4 is 29.1 Å². The number of amides is 1. The molecular weight excluding hydrogens is 305 g/mol. The summed E-state index contributed by atoms with van der Waals surface area (Å²) in [6.07, 6.45) is -1.84. The Bertz CT molecular complexity index is 497. The fourth-order valence-corrected chi connectivity index (χ4v) is 2.52. The number of carbonyl (C=O) groups is 1. The van der Waals surface area contributed by atoms with E-state index in [1.54, 1.807) is 6.07 Å². The molecule has 5 nitrogen and oxygen atoms in total. The van der Waals surface area contributed by atoms with Crippen LogP contribution in [0.3, 0.4) is 0 Å². The van der Waals surface area contributed by atoms with Gasteiger partial charge >= 0.3 is 0 Å². The van der Waals surface area contributed by atoms with Crippen LogP contribution in [0.2, 0.25) is 10.0 Å². The molecule has 0 aliphatic carbocycles. The number of ether oxygens (including phenoxy) is 1. The van der Waals surface area contributed by atoms with Crippen molar-refractivity contribution in [1.29, 1.82) is 0 Å². The molecule has 1 aromatic carbocycles. The van der Waals surface area contributed by atoms with Crippen molar-refractivity contribution in [3.05, 3.63) is 33.8 Å². The molecule has 3 atom stereocenters. The number of aliphatic hydroxyl groups is 2. The van der Waals surface area contributed by atoms with Crippen LogP contribution in [0.5, 0.6) is 0 Å². The average Bonchev–Trinajstić information content (AvgIpc) is 2.40. The number of rotatable bonds is 3. The van der Waals surface area contributed by atoms with Gasteiger partial charge in [0.15, 0.2) is 0 Å². The number of hydrogen-bond acceptors (Lipinski definition) is 4. The van der Waals surface area contributed by atoms with Crippen molar-refractivity contribution < 1.29 is 19.7 Å². The second-order valence-corrected chi connectivity index (χ2v) is 5.53. The largest absolute Gasteiger partial charge is 0.390 e. The summed E-state index contributed by atoms with van der Waals surface area (Å²) >= 11 is 11.7. The average molecular weight is 320 g/mol. The topological polar surface area (TPSA) is 78.8 Å². The van der Waals surface area contributed by atoms with Gasteiger partial charge in [-0.05, 0) is 18.2 Å². The van der Waals surface area contributed by atoms with Gasteiger partial charge < -0.3 is 20.3 Å². The van der Waals surface area contributed by atoms with Gasteiger partial charge in [0.1, 0.15) is 6.10 Å². The van der Waals surface area contributed by atoms with Gasteiger partial charge in [0.2, 0.25) is 0 Å². The summed E-state index contributed by atoms with van der Waals surface area (Å²) in [6, 6.07) is 4.59. The molecule has 1 aliphatic rings. The Kier molecular flexibility index (Phi) is 5.23. The smallest absolute Gasteiger partial charge is 0.252 e. The minimum absolute atomic E-state index is 0.106. The monoisotopic (exact) mass is 319 g/mol. The van der Waals surface area contributed by atoms with Crippen molar-refractivity contribution in [1.82, 2.24) is 5.32 Å². The van der Waals surface area contributed by atoms with E-state index in [2.05, 4.69) is 5.32 Å². The zero-order valence-corrected chi connectivity index (χ0v) is 12.1. The Morgan fingerprint density at radius 1 is 1.35 bits per heavy atom. The van der Waals surface area contributed by atoms with Gasteiger partial charge in [0.05, 0.1) is 29.9 Å². The predicted octanol–water partition coefficient (Wildman–Crippen LogP) is 1.09. The van der Waals surface area contributed by atoms with Crippen LogP contribution in [-0.2, 0) is 4.74 Å². The summed E-state index contributed by atoms with van der Waals surface area (Å²) in [5, 5.41) is 22.6. The fourth-order valence-electron chi connectivity index (χ4n) is 2.02. The standard InChI is InChI=1S/C13H15Cl2NO4/c14-8-1-2-9(10(15)3-8)13(19)16-4-7-5-20-6-11(17)12(7)18/h1-3,7,11-12,17-18H,4-6H2,(H,16,19)/t7-,11-,12+/m1/s1. The second kappa shape index (κ2) is 6.74. The van der Waals surface area contributed by atoms with Crippen molar-refractivity contribution in [2.45, 2.75) is 12.2 Å². The summed E-state index contributed by atoms with van der Waals surface area (Å²) in [5.74, 6) is -0.715. The van der Waals surface area contributed by atoms with Gasteiger partial charge in [-0.3, -0.25) is 4.79 Å². The van der Waals surface area contributed by atoms with E-state index in [1.165, 1.54) is 12.1 Å². The van der Waals surface area contributed by atoms with Crippen molar-refractivity contribution in [2.24, 2.45) is 5.92 Å². The highest BCUT2D eigenvalue weighted by molar-refractivity contribution is 6.36. The lowest BCUT2D eigenvalue weighted by molar-refractivity contribution is -0.118. The third-order valence-electron chi connectivity index (χ3n) is 3.20. The van der Waals surface area contributed by atoms with Crippen LogP contribution in [0.1, 0.15) is 10.4 Å². The first-order chi connectivity index (χ1) is 9.49. The van der Waals surface area contributed by atoms with E-state index in [-0.39, 0.29) is 36.6 Å². The minimum Gasteiger partial charge on any atom is -0.390 e. The number of aliphatic hydroxyl groups excluding tert-OH is 2. The minimum atomic E-state index is -0.926. The lowest BCUT2D eigenvalue weighted by Crippen LogP contribution is -2.48. The Labute approximate surface area is 126 Å². The molecule has 1 aromatic rings. The first-order valence-corrected chi connectivity index (χ1v) is 6.91. The molecule has 3 N–H and O–H groups in total. The molecule has 2 rings (SSSR count). The summed E-state index contributed by atoms with van der Waals surface area (Å²) in [6.45, 7) is 0.581. The molecule has 0 radical (unpaired) electrons. The molecular formula is C13H15Cl2NO4. The molecule has 110 valence electrons. The first-order valence-electron chi connectivity index (χ1n) is 6.16. The molecule has 1 fully saturated rings. The normalized spacial score (nSPS) is 26.3. The quantitative estimate of drug-likeness (QED) is 0.779. The Balaban J connectivity index is 1.95. The Hall–Kier alpha value is -0.850. The van der Waals surface area contributed by atoms with Gasteiger partial charge in [-0.1, -0.05) is 23.2 Å². The van der Waals surface area contributed by atoms with Crippen LogP contribution in [0.4, 0.5) is 0 Å². The van der Waals surface area contributed by atoms with Crippen LogP contribution in [0.15, 0.2) is 18.2 Å². The van der Waals surface area contributed by atoms with Crippen molar-refractivity contribution in [3.63, 3.8) is 0 Å². The van der Waals surface area contributed by atoms with E-state index < -0.39 is 12.2 Å². The maximum atomic E-state index is 12.0. The second-order valence-electron chi connectivity index (χ2n) is 4.69. The highest BCUT2D eigenvalue weighted by Gasteiger charge is 2.31. The molecule has 0 saturated carbocycles. The van der Waals surface area contributed by atoms with Gasteiger partial charge in [0.25, 0.3) is 5.91 Å². The molecule has 0 bridgehead atoms. The number of carbonyl (C=O) groups excluding carboxylic acids is 1. The van der Waals surface area contributed by atoms with Gasteiger partial charge in [-0.25, -0.2) is 0 Å². The molecule has 0 spiro atoms. The molecule has 0 aromatic heterocycles. The summed E-state index contributed by atoms with van der Waals surface area (Å²) in [4.78, 5) is 12.0. The number of benzene rings is 1. The van der Waals surface area contributed by atoms with Crippen LogP contribution in [0.25, 0.3) is 0 Å². The first kappa shape index (κ1) is 15.5. The number of hydrogen-bond donors (Lipinski definition) is 3. The Morgan fingerprint density at radius 3 is 2.80 bits per heavy atom. The van der Waals surface area contributed by atoms with Crippen LogP contribution >= 0.6 is 23.2 Å². The van der Waals surface area contributed by atoms with E-state index in [4.69, 9.17) is 27.9 Å². The SMILES string of the molecule is O=C(NC[C@@H]1COC[C@@H](O)[C@H]1O)c1ccc(Cl)cc1Cl. The predicted molar refractivity (Wildman–Crippen MR) is 75.1 cm³/mol. The van der Waals surface area contributed by atoms with E-state index in [1.807, 2.05) is 0 Å². The van der Waals surface area contributed by atoms with Crippen LogP contribution in [-0.4, -0.2) is 48.1 Å². The van der Waals surface area contributed by atoms with Crippen molar-refractivity contribution in [2.75, 3.05) is 19.8 Å². The maximum Gasteiger partial charge on any atom is 0.252 e. The molecule has 0 unspecified atom stereocenters. The van der Waals surface area contributed by atoms with E-state index in [0.29, 0.717) is 10.6 Å². The molecule has 7 heteroatoms. The lowest BCUT2D eigenvalue weighted by Gasteiger charge is -2.31. The van der Waals surface area contributed by atoms with Crippen LogP contribution in [0, 0.1) is 5.92 Å². The van der Waals surface area contributed by atoms with Gasteiger partial charge in [0, 0.05) is 17.5 Å². The highest BCUT2D eigenvalue weighted by Crippen LogP contribution is 2.21. The van der Waals surface area contributed by atoms with Gasteiger partial charge in [-0.2, -0.15) is 0 Å². The fraction of sp³-hybridized carbons (Fsp3) is 0.462. The number of nitrogens with one attached hydrogen (secondary N) is 1. The summed E-state index contributed by atoms with van der Waals surface area (Å²) in [7, 11) is 0. The van der Waals surface area contributed by atoms with Crippen molar-refractivity contribution in [3.8, 4) is 0 Å². The van der Waals surface area contributed by atoms with E-state index >= 15 is 0 Å². The summed E-state index contributed by atoms with van der Waals surface area (Å²) in [5.41, 5.74) is 0.308. The van der Waals surface area contributed by atoms with E-state index in [9.17, 15) is 15.0 Å². The zero-order valence-electron chi connectivity index (χ0n) is 10.6. The van der Waals surface area contributed by atoms with E-state index in [0.717, 1.165) is 0 Å². The van der Waals surface area contributed by atoms with Gasteiger partial charge in [-0.15, -0.1) is 0 Å². The maximum absolute atomic E-state index is 12.0. The highest BCUT2D eigenvalue weighted by atomic mass is 35.5. The zero-order chi connectivity index (χ0) is 14.7. The summed E-state index contributed by atoms with van der Waals surface area (Å²) < 4.78 is 5.14. The number of halogens is 2. The Morgan fingerprint density at radius 2 is 2.10 bits per heavy atom. The lowest BCUT2D eigenvalue weighted by atomic mass is 9.96. The third kappa shape index (κ3) is 3.62. The third-order valence-corrected chi connectivity index (χ3v) is 3.75. The van der Waals surface area contributed by atoms with Crippen LogP contribution < -0.4 is 5.32 Å². The molecule has 1 saturated heterocycles. The molecule has 20 heavy (non-hydrogen) atoms. The molecule has 1 amide bonds. The molecule has 1 aliphatic heterocycles.